The standard InChI is InChI=1S/C16H11F3N2O/c17-16(18,19)12-7-3-1-5-10(12)9-14-20-13-8-4-2-6-11(13)15(22)21-14/h1-8H,9H2,(H,20,21,22). The average molecular weight is 304 g/mol. The number of fused-ring (bicyclic) bond motifs is 1. The van der Waals surface area contributed by atoms with Crippen LogP contribution in [0.15, 0.2) is 53.3 Å². The summed E-state index contributed by atoms with van der Waals surface area (Å²) in [5.74, 6) is 0.209. The molecule has 22 heavy (non-hydrogen) atoms. The minimum absolute atomic E-state index is 0.0773. The molecule has 2 aromatic carbocycles. The molecule has 112 valence electrons. The number of hydrogen-bond donors (Lipinski definition) is 1. The number of H-pyrrole nitrogens is 1. The summed E-state index contributed by atoms with van der Waals surface area (Å²) < 4.78 is 39.0. The molecule has 0 aliphatic carbocycles. The Labute approximate surface area is 123 Å². The first-order valence-electron chi connectivity index (χ1n) is 6.58. The lowest BCUT2D eigenvalue weighted by atomic mass is 10.0. The SMILES string of the molecule is O=c1[nH]c(Cc2ccccc2C(F)(F)F)nc2ccccc12. The van der Waals surface area contributed by atoms with Crippen LogP contribution in [0.5, 0.6) is 0 Å². The largest absolute Gasteiger partial charge is 0.416 e. The van der Waals surface area contributed by atoms with Crippen LogP contribution < -0.4 is 5.56 Å². The van der Waals surface area contributed by atoms with E-state index in [1.807, 2.05) is 0 Å². The molecule has 0 atom stereocenters. The average Bonchev–Trinajstić information content (AvgIpc) is 2.47. The number of alkyl halides is 3. The number of benzene rings is 2. The van der Waals surface area contributed by atoms with E-state index in [9.17, 15) is 18.0 Å². The van der Waals surface area contributed by atoms with Crippen LogP contribution in [0, 0.1) is 0 Å². The minimum Gasteiger partial charge on any atom is -0.310 e. The normalized spacial score (nSPS) is 11.8. The summed E-state index contributed by atoms with van der Waals surface area (Å²) in [6, 6.07) is 12.0. The van der Waals surface area contributed by atoms with Gasteiger partial charge in [-0.05, 0) is 23.8 Å². The zero-order valence-corrected chi connectivity index (χ0v) is 11.3. The number of halogens is 3. The highest BCUT2D eigenvalue weighted by molar-refractivity contribution is 5.77. The molecule has 1 heterocycles. The second-order valence-corrected chi connectivity index (χ2v) is 4.86. The van der Waals surface area contributed by atoms with Crippen LogP contribution in [0.4, 0.5) is 13.2 Å². The zero-order valence-electron chi connectivity index (χ0n) is 11.3. The van der Waals surface area contributed by atoms with Crippen molar-refractivity contribution in [2.75, 3.05) is 0 Å². The Morgan fingerprint density at radius 1 is 1.00 bits per heavy atom. The van der Waals surface area contributed by atoms with Gasteiger partial charge in [-0.3, -0.25) is 4.79 Å². The number of para-hydroxylation sites is 1. The van der Waals surface area contributed by atoms with Crippen LogP contribution in [0.3, 0.4) is 0 Å². The summed E-state index contributed by atoms with van der Waals surface area (Å²) in [5, 5.41) is 0.412. The molecule has 0 saturated heterocycles. The quantitative estimate of drug-likeness (QED) is 0.787. The maximum atomic E-state index is 13.0. The Morgan fingerprint density at radius 3 is 2.45 bits per heavy atom. The van der Waals surface area contributed by atoms with Gasteiger partial charge in [-0.2, -0.15) is 13.2 Å². The van der Waals surface area contributed by atoms with E-state index in [1.54, 1.807) is 24.3 Å². The molecular weight excluding hydrogens is 293 g/mol. The fourth-order valence-corrected chi connectivity index (χ4v) is 2.35. The third kappa shape index (κ3) is 2.72. The molecule has 0 saturated carbocycles. The fraction of sp³-hybridized carbons (Fsp3) is 0.125. The molecule has 6 heteroatoms. The van der Waals surface area contributed by atoms with Crippen molar-refractivity contribution in [3.05, 3.63) is 75.8 Å². The van der Waals surface area contributed by atoms with Crippen LogP contribution >= 0.6 is 0 Å². The van der Waals surface area contributed by atoms with Crippen LogP contribution in [-0.2, 0) is 12.6 Å². The Hall–Kier alpha value is -2.63. The lowest BCUT2D eigenvalue weighted by molar-refractivity contribution is -0.138. The Kier molecular flexibility index (Phi) is 3.44. The number of aromatic amines is 1. The van der Waals surface area contributed by atoms with Crippen molar-refractivity contribution >= 4 is 10.9 Å². The van der Waals surface area contributed by atoms with E-state index in [0.29, 0.717) is 10.9 Å². The van der Waals surface area contributed by atoms with E-state index in [1.165, 1.54) is 18.2 Å². The van der Waals surface area contributed by atoms with E-state index in [0.717, 1.165) is 6.07 Å². The fourth-order valence-electron chi connectivity index (χ4n) is 2.35. The first-order chi connectivity index (χ1) is 10.4. The van der Waals surface area contributed by atoms with E-state index in [-0.39, 0.29) is 23.4 Å². The lowest BCUT2D eigenvalue weighted by Crippen LogP contribution is -2.14. The van der Waals surface area contributed by atoms with Crippen LogP contribution in [0.25, 0.3) is 10.9 Å². The topological polar surface area (TPSA) is 45.8 Å². The van der Waals surface area contributed by atoms with Crippen molar-refractivity contribution in [1.29, 1.82) is 0 Å². The summed E-state index contributed by atoms with van der Waals surface area (Å²) in [7, 11) is 0. The summed E-state index contributed by atoms with van der Waals surface area (Å²) in [5.41, 5.74) is -0.532. The van der Waals surface area contributed by atoms with Crippen molar-refractivity contribution in [1.82, 2.24) is 9.97 Å². The van der Waals surface area contributed by atoms with Gasteiger partial charge in [0.2, 0.25) is 0 Å². The molecule has 0 radical (unpaired) electrons. The van der Waals surface area contributed by atoms with Crippen molar-refractivity contribution < 1.29 is 13.2 Å². The zero-order chi connectivity index (χ0) is 15.7. The molecule has 3 rings (SSSR count). The van der Waals surface area contributed by atoms with Gasteiger partial charge >= 0.3 is 6.18 Å². The van der Waals surface area contributed by atoms with E-state index >= 15 is 0 Å². The molecule has 3 aromatic rings. The monoisotopic (exact) mass is 304 g/mol. The number of nitrogens with zero attached hydrogens (tertiary/aromatic N) is 1. The first-order valence-corrected chi connectivity index (χ1v) is 6.58. The van der Waals surface area contributed by atoms with Crippen LogP contribution in [0.2, 0.25) is 0 Å². The molecule has 0 spiro atoms. The van der Waals surface area contributed by atoms with Crippen molar-refractivity contribution in [3.63, 3.8) is 0 Å². The number of nitrogens with one attached hydrogen (secondary N) is 1. The molecule has 1 aromatic heterocycles. The summed E-state index contributed by atoms with van der Waals surface area (Å²) >= 11 is 0. The molecule has 0 fully saturated rings. The van der Waals surface area contributed by atoms with Crippen LogP contribution in [0.1, 0.15) is 17.0 Å². The van der Waals surface area contributed by atoms with Crippen molar-refractivity contribution in [2.24, 2.45) is 0 Å². The first kappa shape index (κ1) is 14.3. The number of rotatable bonds is 2. The van der Waals surface area contributed by atoms with E-state index in [2.05, 4.69) is 9.97 Å². The molecule has 0 bridgehead atoms. The summed E-state index contributed by atoms with van der Waals surface area (Å²) in [6.45, 7) is 0. The van der Waals surface area contributed by atoms with Gasteiger partial charge in [0.15, 0.2) is 0 Å². The third-order valence-corrected chi connectivity index (χ3v) is 3.34. The third-order valence-electron chi connectivity index (χ3n) is 3.34. The molecule has 0 unspecified atom stereocenters. The summed E-state index contributed by atoms with van der Waals surface area (Å²) in [4.78, 5) is 18.7. The molecule has 1 N–H and O–H groups in total. The van der Waals surface area contributed by atoms with Gasteiger partial charge in [-0.15, -0.1) is 0 Å². The summed E-state index contributed by atoms with van der Waals surface area (Å²) in [6.07, 6.45) is -4.52. The van der Waals surface area contributed by atoms with Crippen molar-refractivity contribution in [3.8, 4) is 0 Å². The second kappa shape index (κ2) is 5.29. The van der Waals surface area contributed by atoms with E-state index in [4.69, 9.17) is 0 Å². The second-order valence-electron chi connectivity index (χ2n) is 4.86. The number of hydrogen-bond acceptors (Lipinski definition) is 2. The van der Waals surface area contributed by atoms with E-state index < -0.39 is 11.7 Å². The molecule has 3 nitrogen and oxygen atoms in total. The predicted octanol–water partition coefficient (Wildman–Crippen LogP) is 3.53. The van der Waals surface area contributed by atoms with Gasteiger partial charge < -0.3 is 4.98 Å². The predicted molar refractivity (Wildman–Crippen MR) is 76.6 cm³/mol. The molecule has 0 aliphatic heterocycles. The van der Waals surface area contributed by atoms with Gasteiger partial charge in [0.1, 0.15) is 5.82 Å². The molecule has 0 aliphatic rings. The highest BCUT2D eigenvalue weighted by atomic mass is 19.4. The maximum Gasteiger partial charge on any atom is 0.416 e. The highest BCUT2D eigenvalue weighted by Gasteiger charge is 2.32. The Bertz CT molecular complexity index is 884. The highest BCUT2D eigenvalue weighted by Crippen LogP contribution is 2.32. The maximum absolute atomic E-state index is 13.0. The molecule has 0 amide bonds. The van der Waals surface area contributed by atoms with Gasteiger partial charge in [-0.25, -0.2) is 4.98 Å². The van der Waals surface area contributed by atoms with Crippen molar-refractivity contribution in [2.45, 2.75) is 12.6 Å². The van der Waals surface area contributed by atoms with Gasteiger partial charge in [-0.1, -0.05) is 30.3 Å². The van der Waals surface area contributed by atoms with Gasteiger partial charge in [0.05, 0.1) is 16.5 Å². The van der Waals surface area contributed by atoms with Gasteiger partial charge in [0, 0.05) is 6.42 Å². The van der Waals surface area contributed by atoms with Crippen LogP contribution in [-0.4, -0.2) is 9.97 Å². The number of aromatic nitrogens is 2. The Morgan fingerprint density at radius 2 is 1.68 bits per heavy atom. The Balaban J connectivity index is 2.06. The minimum atomic E-state index is -4.44. The smallest absolute Gasteiger partial charge is 0.310 e. The van der Waals surface area contributed by atoms with Gasteiger partial charge in [0.25, 0.3) is 5.56 Å². The lowest BCUT2D eigenvalue weighted by Gasteiger charge is -2.12. The molecular formula is C16H11F3N2O.